The van der Waals surface area contributed by atoms with Crippen LogP contribution in [-0.2, 0) is 6.54 Å². The first-order chi connectivity index (χ1) is 14.3. The average molecular weight is 430 g/mol. The standard InChI is InChI=1S/C19H23N7O3S/c1-4-9-25-16(20)15(17(28)21-18(25)29)14(27)10-30-19-22-23-24-26(19)13-7-5-12(6-8-13)11(2)3/h5-8,11H,4,9-10,20H2,1-3H3,(H,21,28,29). The van der Waals surface area contributed by atoms with Crippen molar-refractivity contribution in [3.8, 4) is 5.69 Å². The number of nitrogen functional groups attached to an aromatic ring is 1. The molecular weight excluding hydrogens is 406 g/mol. The molecule has 0 spiro atoms. The highest BCUT2D eigenvalue weighted by Crippen LogP contribution is 2.22. The number of H-pyrrole nitrogens is 1. The van der Waals surface area contributed by atoms with Gasteiger partial charge in [-0.05, 0) is 40.5 Å². The lowest BCUT2D eigenvalue weighted by atomic mass is 10.0. The third-order valence-electron chi connectivity index (χ3n) is 4.54. The molecule has 3 aromatic rings. The number of hydrogen-bond donors (Lipinski definition) is 2. The number of aromatic nitrogens is 6. The third-order valence-corrected chi connectivity index (χ3v) is 5.46. The summed E-state index contributed by atoms with van der Waals surface area (Å²) in [6.07, 6.45) is 0.628. The van der Waals surface area contributed by atoms with Gasteiger partial charge in [-0.2, -0.15) is 4.68 Å². The van der Waals surface area contributed by atoms with E-state index < -0.39 is 17.0 Å². The number of nitrogens with one attached hydrogen (secondary N) is 1. The Balaban J connectivity index is 1.82. The summed E-state index contributed by atoms with van der Waals surface area (Å²) in [6, 6.07) is 7.80. The number of ketones is 1. The van der Waals surface area contributed by atoms with Crippen LogP contribution in [0.15, 0.2) is 39.0 Å². The van der Waals surface area contributed by atoms with Crippen molar-refractivity contribution in [2.75, 3.05) is 11.5 Å². The number of Topliss-reactive ketones (excluding diaryl/α,β-unsaturated/α-hetero) is 1. The molecule has 0 radical (unpaired) electrons. The number of thioether (sulfide) groups is 1. The van der Waals surface area contributed by atoms with E-state index in [1.54, 1.807) is 0 Å². The number of nitrogens with zero attached hydrogens (tertiary/aromatic N) is 5. The molecule has 0 unspecified atom stereocenters. The minimum absolute atomic E-state index is 0.109. The van der Waals surface area contributed by atoms with E-state index in [-0.39, 0.29) is 17.1 Å². The lowest BCUT2D eigenvalue weighted by Crippen LogP contribution is -2.36. The molecule has 2 heterocycles. The van der Waals surface area contributed by atoms with Crippen LogP contribution in [0.3, 0.4) is 0 Å². The van der Waals surface area contributed by atoms with Crippen LogP contribution in [-0.4, -0.2) is 41.3 Å². The van der Waals surface area contributed by atoms with Gasteiger partial charge in [-0.3, -0.25) is 19.1 Å². The first kappa shape index (κ1) is 21.5. The van der Waals surface area contributed by atoms with Crippen molar-refractivity contribution in [1.29, 1.82) is 0 Å². The molecule has 30 heavy (non-hydrogen) atoms. The molecule has 0 aliphatic carbocycles. The Morgan fingerprint density at radius 2 is 1.93 bits per heavy atom. The summed E-state index contributed by atoms with van der Waals surface area (Å²) < 4.78 is 2.72. The maximum Gasteiger partial charge on any atom is 0.329 e. The van der Waals surface area contributed by atoms with Crippen molar-refractivity contribution in [2.45, 2.75) is 44.8 Å². The molecule has 2 aromatic heterocycles. The number of rotatable bonds is 8. The van der Waals surface area contributed by atoms with Gasteiger partial charge in [-0.1, -0.05) is 44.7 Å². The van der Waals surface area contributed by atoms with Crippen LogP contribution in [0.2, 0.25) is 0 Å². The average Bonchev–Trinajstić information content (AvgIpc) is 3.18. The second-order valence-corrected chi connectivity index (χ2v) is 7.95. The lowest BCUT2D eigenvalue weighted by Gasteiger charge is -2.11. The maximum absolute atomic E-state index is 12.7. The molecule has 0 atom stereocenters. The zero-order chi connectivity index (χ0) is 21.8. The summed E-state index contributed by atoms with van der Waals surface area (Å²) in [5, 5.41) is 12.0. The van der Waals surface area contributed by atoms with Crippen LogP contribution in [0.4, 0.5) is 5.82 Å². The van der Waals surface area contributed by atoms with Gasteiger partial charge in [0.1, 0.15) is 11.4 Å². The Bertz CT molecular complexity index is 1160. The fraction of sp³-hybridized carbons (Fsp3) is 0.368. The Kier molecular flexibility index (Phi) is 6.50. The fourth-order valence-corrected chi connectivity index (χ4v) is 3.70. The van der Waals surface area contributed by atoms with E-state index in [0.29, 0.717) is 24.0 Å². The van der Waals surface area contributed by atoms with Crippen LogP contribution in [0, 0.1) is 0 Å². The summed E-state index contributed by atoms with van der Waals surface area (Å²) in [5.74, 6) is -0.338. The largest absolute Gasteiger partial charge is 0.384 e. The van der Waals surface area contributed by atoms with Gasteiger partial charge in [0.2, 0.25) is 5.16 Å². The minimum Gasteiger partial charge on any atom is -0.384 e. The number of carbonyl (C=O) groups excluding carboxylic acids is 1. The molecule has 0 saturated carbocycles. The van der Waals surface area contributed by atoms with Gasteiger partial charge in [-0.15, -0.1) is 5.10 Å². The highest BCUT2D eigenvalue weighted by atomic mass is 32.2. The number of tetrazole rings is 1. The zero-order valence-electron chi connectivity index (χ0n) is 17.0. The van der Waals surface area contributed by atoms with E-state index in [2.05, 4.69) is 34.4 Å². The smallest absolute Gasteiger partial charge is 0.329 e. The van der Waals surface area contributed by atoms with E-state index in [4.69, 9.17) is 5.73 Å². The SMILES string of the molecule is CCCn1c(N)c(C(=O)CSc2nnnn2-c2ccc(C(C)C)cc2)c(=O)[nH]c1=O. The van der Waals surface area contributed by atoms with Crippen LogP contribution in [0.1, 0.15) is 49.0 Å². The number of carbonyl (C=O) groups is 1. The predicted octanol–water partition coefficient (Wildman–Crippen LogP) is 1.60. The highest BCUT2D eigenvalue weighted by Gasteiger charge is 2.20. The second kappa shape index (κ2) is 9.08. The quantitative estimate of drug-likeness (QED) is 0.406. The van der Waals surface area contributed by atoms with Crippen molar-refractivity contribution in [2.24, 2.45) is 0 Å². The molecule has 0 amide bonds. The Morgan fingerprint density at radius 3 is 2.57 bits per heavy atom. The molecule has 0 saturated heterocycles. The van der Waals surface area contributed by atoms with E-state index >= 15 is 0 Å². The highest BCUT2D eigenvalue weighted by molar-refractivity contribution is 7.99. The monoisotopic (exact) mass is 429 g/mol. The summed E-state index contributed by atoms with van der Waals surface area (Å²) in [7, 11) is 0. The molecule has 10 nitrogen and oxygen atoms in total. The molecule has 0 aliphatic rings. The Morgan fingerprint density at radius 1 is 1.23 bits per heavy atom. The number of nitrogens with two attached hydrogens (primary N) is 1. The van der Waals surface area contributed by atoms with E-state index in [9.17, 15) is 14.4 Å². The van der Waals surface area contributed by atoms with Crippen LogP contribution >= 0.6 is 11.8 Å². The molecule has 0 bridgehead atoms. The Hall–Kier alpha value is -3.21. The minimum atomic E-state index is -0.792. The van der Waals surface area contributed by atoms with Crippen LogP contribution in [0.25, 0.3) is 5.69 Å². The van der Waals surface area contributed by atoms with E-state index in [1.807, 2.05) is 31.2 Å². The van der Waals surface area contributed by atoms with Crippen molar-refractivity contribution >= 4 is 23.4 Å². The number of aromatic amines is 1. The van der Waals surface area contributed by atoms with Crippen molar-refractivity contribution in [3.63, 3.8) is 0 Å². The van der Waals surface area contributed by atoms with Crippen LogP contribution < -0.4 is 17.0 Å². The first-order valence-electron chi connectivity index (χ1n) is 9.50. The molecule has 1 aromatic carbocycles. The van der Waals surface area contributed by atoms with Crippen LogP contribution in [0.5, 0.6) is 0 Å². The third kappa shape index (κ3) is 4.35. The van der Waals surface area contributed by atoms with Crippen molar-refractivity contribution in [1.82, 2.24) is 29.8 Å². The van der Waals surface area contributed by atoms with Gasteiger partial charge in [0.15, 0.2) is 5.78 Å². The van der Waals surface area contributed by atoms with Gasteiger partial charge in [-0.25, -0.2) is 4.79 Å². The summed E-state index contributed by atoms with van der Waals surface area (Å²) in [6.45, 7) is 6.38. The zero-order valence-corrected chi connectivity index (χ0v) is 17.8. The molecule has 158 valence electrons. The second-order valence-electron chi connectivity index (χ2n) is 7.00. The normalized spacial score (nSPS) is 11.2. The van der Waals surface area contributed by atoms with E-state index in [1.165, 1.54) is 14.8 Å². The van der Waals surface area contributed by atoms with E-state index in [0.717, 1.165) is 17.4 Å². The van der Waals surface area contributed by atoms with Gasteiger partial charge < -0.3 is 5.73 Å². The van der Waals surface area contributed by atoms with Crippen molar-refractivity contribution in [3.05, 3.63) is 56.2 Å². The Labute approximate surface area is 176 Å². The first-order valence-corrected chi connectivity index (χ1v) is 10.5. The topological polar surface area (TPSA) is 142 Å². The molecule has 0 aliphatic heterocycles. The lowest BCUT2D eigenvalue weighted by molar-refractivity contribution is 0.102. The number of anilines is 1. The maximum atomic E-state index is 12.7. The molecule has 0 fully saturated rings. The summed E-state index contributed by atoms with van der Waals surface area (Å²) in [5.41, 5.74) is 6.25. The van der Waals surface area contributed by atoms with Gasteiger partial charge in [0.05, 0.1) is 11.4 Å². The predicted molar refractivity (Wildman–Crippen MR) is 114 cm³/mol. The molecule has 3 N–H and O–H groups in total. The molecular formula is C19H23N7O3S. The van der Waals surface area contributed by atoms with Gasteiger partial charge >= 0.3 is 5.69 Å². The molecule has 3 rings (SSSR count). The number of hydrogen-bond acceptors (Lipinski definition) is 8. The van der Waals surface area contributed by atoms with Gasteiger partial charge in [0, 0.05) is 6.54 Å². The summed E-state index contributed by atoms with van der Waals surface area (Å²) >= 11 is 1.08. The molecule has 11 heteroatoms. The number of benzene rings is 1. The van der Waals surface area contributed by atoms with Gasteiger partial charge in [0.25, 0.3) is 5.56 Å². The fourth-order valence-electron chi connectivity index (χ4n) is 2.94. The summed E-state index contributed by atoms with van der Waals surface area (Å²) in [4.78, 5) is 38.9. The van der Waals surface area contributed by atoms with Crippen molar-refractivity contribution < 1.29 is 4.79 Å².